The van der Waals surface area contributed by atoms with Crippen LogP contribution in [0.25, 0.3) is 0 Å². The second-order valence-corrected chi connectivity index (χ2v) is 2.20. The van der Waals surface area contributed by atoms with Gasteiger partial charge in [-0.1, -0.05) is 19.1 Å². The Labute approximate surface area is 56.5 Å². The fourth-order valence-corrected chi connectivity index (χ4v) is 0.861. The first kappa shape index (κ1) is 7.89. The summed E-state index contributed by atoms with van der Waals surface area (Å²) < 4.78 is 0. The summed E-state index contributed by atoms with van der Waals surface area (Å²) in [6, 6.07) is 0. The van der Waals surface area contributed by atoms with Gasteiger partial charge in [-0.25, -0.2) is 0 Å². The average molecular weight is 131 g/mol. The molecule has 0 aliphatic carbocycles. The molecule has 0 unspecified atom stereocenters. The van der Waals surface area contributed by atoms with Gasteiger partial charge in [0.15, 0.2) is 0 Å². The molecule has 0 aromatic carbocycles. The maximum Gasteiger partial charge on any atom is 0.0753 e. The van der Waals surface area contributed by atoms with E-state index >= 15 is 0 Å². The molecule has 0 fully saturated rings. The summed E-state index contributed by atoms with van der Waals surface area (Å²) in [7, 11) is 0. The lowest BCUT2D eigenvalue weighted by molar-refractivity contribution is 0.908. The third-order valence-corrected chi connectivity index (χ3v) is 1.20. The Morgan fingerprint density at radius 2 is 2.12 bits per heavy atom. The second kappa shape index (κ2) is 5.04. The second-order valence-electron chi connectivity index (χ2n) is 1.70. The Kier molecular flexibility index (Phi) is 4.97. The molecule has 0 aliphatic heterocycles. The predicted molar refractivity (Wildman–Crippen MR) is 41.2 cm³/mol. The Bertz CT molecular complexity index is 62.9. The smallest absolute Gasteiger partial charge is 0.0753 e. The first-order valence-electron chi connectivity index (χ1n) is 3.08. The zero-order chi connectivity index (χ0) is 6.41. The van der Waals surface area contributed by atoms with Crippen molar-refractivity contribution >= 4 is 17.2 Å². The van der Waals surface area contributed by atoms with Crippen LogP contribution < -0.4 is 5.32 Å². The van der Waals surface area contributed by atoms with Gasteiger partial charge in [0.25, 0.3) is 0 Å². The van der Waals surface area contributed by atoms with Crippen LogP contribution in [0.5, 0.6) is 0 Å². The molecule has 0 heterocycles. The largest absolute Gasteiger partial charge is 0.380 e. The highest BCUT2D eigenvalue weighted by atomic mass is 32.1. The molecule has 2 heteroatoms. The van der Waals surface area contributed by atoms with Crippen LogP contribution in [-0.2, 0) is 0 Å². The van der Waals surface area contributed by atoms with Gasteiger partial charge in [0.05, 0.1) is 4.99 Å². The van der Waals surface area contributed by atoms with Crippen LogP contribution in [0.4, 0.5) is 0 Å². The van der Waals surface area contributed by atoms with E-state index in [-0.39, 0.29) is 0 Å². The molecular formula is C6H13NS. The summed E-state index contributed by atoms with van der Waals surface area (Å²) in [4.78, 5) is 0.995. The standard InChI is InChI=1S/C6H13NS/c1-3-5-6(8)7-4-2/h3-5H2,1-2H3,(H,7,8). The van der Waals surface area contributed by atoms with Gasteiger partial charge in [-0.3, -0.25) is 0 Å². The molecule has 0 radical (unpaired) electrons. The van der Waals surface area contributed by atoms with Crippen LogP contribution in [0.3, 0.4) is 0 Å². The topological polar surface area (TPSA) is 12.0 Å². The van der Waals surface area contributed by atoms with Crippen LogP contribution in [0.15, 0.2) is 0 Å². The lowest BCUT2D eigenvalue weighted by Crippen LogP contribution is -2.19. The molecule has 0 amide bonds. The van der Waals surface area contributed by atoms with Gasteiger partial charge in [0.1, 0.15) is 0 Å². The van der Waals surface area contributed by atoms with Crippen molar-refractivity contribution in [3.8, 4) is 0 Å². The summed E-state index contributed by atoms with van der Waals surface area (Å²) in [5.41, 5.74) is 0. The van der Waals surface area contributed by atoms with E-state index in [1.54, 1.807) is 0 Å². The van der Waals surface area contributed by atoms with E-state index in [0.717, 1.165) is 24.4 Å². The normalized spacial score (nSPS) is 8.75. The quantitative estimate of drug-likeness (QED) is 0.585. The molecule has 1 N–H and O–H groups in total. The molecule has 0 aromatic rings. The highest BCUT2D eigenvalue weighted by Gasteiger charge is 1.87. The first-order valence-corrected chi connectivity index (χ1v) is 3.48. The van der Waals surface area contributed by atoms with E-state index < -0.39 is 0 Å². The van der Waals surface area contributed by atoms with Gasteiger partial charge in [-0.2, -0.15) is 0 Å². The Balaban J connectivity index is 3.06. The minimum absolute atomic E-state index is 0.957. The number of nitrogens with one attached hydrogen (secondary N) is 1. The SMILES string of the molecule is CCCC(=S)NCC. The molecule has 0 aromatic heterocycles. The first-order chi connectivity index (χ1) is 3.81. The molecular weight excluding hydrogens is 118 g/mol. The van der Waals surface area contributed by atoms with Crippen LogP contribution in [0, 0.1) is 0 Å². The van der Waals surface area contributed by atoms with Crippen LogP contribution in [0.1, 0.15) is 26.7 Å². The van der Waals surface area contributed by atoms with Crippen molar-refractivity contribution in [2.75, 3.05) is 6.54 Å². The molecule has 0 saturated heterocycles. The average Bonchev–Trinajstić information content (AvgIpc) is 1.68. The van der Waals surface area contributed by atoms with Crippen LogP contribution >= 0.6 is 12.2 Å². The van der Waals surface area contributed by atoms with Gasteiger partial charge >= 0.3 is 0 Å². The van der Waals surface area contributed by atoms with Crippen molar-refractivity contribution in [2.45, 2.75) is 26.7 Å². The third-order valence-electron chi connectivity index (χ3n) is 0.851. The molecule has 0 aliphatic rings. The van der Waals surface area contributed by atoms with Gasteiger partial charge in [-0.15, -0.1) is 0 Å². The lowest BCUT2D eigenvalue weighted by atomic mass is 10.3. The highest BCUT2D eigenvalue weighted by Crippen LogP contribution is 1.86. The van der Waals surface area contributed by atoms with Gasteiger partial charge < -0.3 is 5.32 Å². The monoisotopic (exact) mass is 131 g/mol. The molecule has 1 nitrogen and oxygen atoms in total. The molecule has 48 valence electrons. The maximum absolute atomic E-state index is 4.94. The number of hydrogen-bond donors (Lipinski definition) is 1. The molecule has 0 spiro atoms. The fraction of sp³-hybridized carbons (Fsp3) is 0.833. The van der Waals surface area contributed by atoms with Gasteiger partial charge in [0, 0.05) is 6.54 Å². The van der Waals surface area contributed by atoms with E-state index in [9.17, 15) is 0 Å². The Morgan fingerprint density at radius 3 is 2.50 bits per heavy atom. The Hall–Kier alpha value is -0.110. The van der Waals surface area contributed by atoms with Crippen molar-refractivity contribution in [3.05, 3.63) is 0 Å². The fourth-order valence-electron chi connectivity index (χ4n) is 0.513. The van der Waals surface area contributed by atoms with Crippen molar-refractivity contribution in [1.82, 2.24) is 5.32 Å². The van der Waals surface area contributed by atoms with Crippen LogP contribution in [0.2, 0.25) is 0 Å². The maximum atomic E-state index is 4.94. The van der Waals surface area contributed by atoms with Crippen molar-refractivity contribution in [3.63, 3.8) is 0 Å². The van der Waals surface area contributed by atoms with E-state index in [4.69, 9.17) is 12.2 Å². The summed E-state index contributed by atoms with van der Waals surface area (Å²) in [6.45, 7) is 5.14. The van der Waals surface area contributed by atoms with Gasteiger partial charge in [-0.05, 0) is 19.8 Å². The number of rotatable bonds is 3. The minimum Gasteiger partial charge on any atom is -0.380 e. The minimum atomic E-state index is 0.957. The van der Waals surface area contributed by atoms with Gasteiger partial charge in [0.2, 0.25) is 0 Å². The van der Waals surface area contributed by atoms with E-state index in [1.807, 2.05) is 0 Å². The molecule has 0 bridgehead atoms. The summed E-state index contributed by atoms with van der Waals surface area (Å²) in [5, 5.41) is 3.08. The predicted octanol–water partition coefficient (Wildman–Crippen LogP) is 1.72. The molecule has 0 rings (SSSR count). The lowest BCUT2D eigenvalue weighted by Gasteiger charge is -2.00. The zero-order valence-corrected chi connectivity index (χ0v) is 6.35. The molecule has 0 atom stereocenters. The zero-order valence-electron chi connectivity index (χ0n) is 5.53. The van der Waals surface area contributed by atoms with E-state index in [2.05, 4.69) is 19.2 Å². The highest BCUT2D eigenvalue weighted by molar-refractivity contribution is 7.80. The van der Waals surface area contributed by atoms with E-state index in [1.165, 1.54) is 0 Å². The Morgan fingerprint density at radius 1 is 1.50 bits per heavy atom. The molecule has 0 saturated carbocycles. The van der Waals surface area contributed by atoms with Crippen LogP contribution in [-0.4, -0.2) is 11.5 Å². The summed E-state index contributed by atoms with van der Waals surface area (Å²) in [6.07, 6.45) is 2.18. The summed E-state index contributed by atoms with van der Waals surface area (Å²) in [5.74, 6) is 0. The number of hydrogen-bond acceptors (Lipinski definition) is 1. The molecule has 8 heavy (non-hydrogen) atoms. The van der Waals surface area contributed by atoms with Crippen molar-refractivity contribution in [1.29, 1.82) is 0 Å². The van der Waals surface area contributed by atoms with Crippen molar-refractivity contribution < 1.29 is 0 Å². The summed E-state index contributed by atoms with van der Waals surface area (Å²) >= 11 is 4.94. The van der Waals surface area contributed by atoms with Crippen molar-refractivity contribution in [2.24, 2.45) is 0 Å². The third kappa shape index (κ3) is 4.06. The van der Waals surface area contributed by atoms with E-state index in [0.29, 0.717) is 0 Å². The number of thiocarbonyl (C=S) groups is 1.